The van der Waals surface area contributed by atoms with E-state index in [4.69, 9.17) is 0 Å². The molecule has 1 atom stereocenters. The molecule has 1 saturated heterocycles. The fourth-order valence-corrected chi connectivity index (χ4v) is 2.83. The summed E-state index contributed by atoms with van der Waals surface area (Å²) in [5.74, 6) is 0.504. The number of aryl methyl sites for hydroxylation is 1. The van der Waals surface area contributed by atoms with Crippen LogP contribution in [0.5, 0.6) is 5.75 Å². The van der Waals surface area contributed by atoms with Crippen molar-refractivity contribution >= 4 is 5.91 Å². The van der Waals surface area contributed by atoms with E-state index < -0.39 is 0 Å². The van der Waals surface area contributed by atoms with Gasteiger partial charge in [0.2, 0.25) is 5.91 Å². The Kier molecular flexibility index (Phi) is 4.65. The molecule has 0 aromatic heterocycles. The maximum atomic E-state index is 11.3. The molecule has 4 nitrogen and oxygen atoms in total. The molecule has 1 aromatic carbocycles. The van der Waals surface area contributed by atoms with Crippen LogP contribution in [0.4, 0.5) is 0 Å². The van der Waals surface area contributed by atoms with Crippen LogP contribution in [0.15, 0.2) is 18.2 Å². The summed E-state index contributed by atoms with van der Waals surface area (Å²) in [6.45, 7) is 7.37. The van der Waals surface area contributed by atoms with Gasteiger partial charge in [-0.2, -0.15) is 0 Å². The van der Waals surface area contributed by atoms with Gasteiger partial charge in [-0.1, -0.05) is 17.7 Å². The van der Waals surface area contributed by atoms with Crippen LogP contribution in [0, 0.1) is 6.92 Å². The molecule has 0 bridgehead atoms. The van der Waals surface area contributed by atoms with E-state index >= 15 is 0 Å². The first-order valence-electron chi connectivity index (χ1n) is 7.28. The Morgan fingerprint density at radius 2 is 2.05 bits per heavy atom. The zero-order chi connectivity index (χ0) is 14.7. The predicted molar refractivity (Wildman–Crippen MR) is 79.7 cm³/mol. The van der Waals surface area contributed by atoms with E-state index in [1.165, 1.54) is 0 Å². The van der Waals surface area contributed by atoms with Crippen LogP contribution in [0.3, 0.4) is 0 Å². The molecule has 20 heavy (non-hydrogen) atoms. The molecule has 4 heteroatoms. The minimum Gasteiger partial charge on any atom is -0.508 e. The van der Waals surface area contributed by atoms with Crippen LogP contribution >= 0.6 is 0 Å². The molecule has 0 spiro atoms. The van der Waals surface area contributed by atoms with E-state index in [0.29, 0.717) is 11.8 Å². The van der Waals surface area contributed by atoms with Crippen molar-refractivity contribution in [3.63, 3.8) is 0 Å². The number of phenolic OH excluding ortho intramolecular Hbond substituents is 1. The maximum Gasteiger partial charge on any atom is 0.219 e. The van der Waals surface area contributed by atoms with Crippen LogP contribution in [-0.2, 0) is 4.79 Å². The van der Waals surface area contributed by atoms with Gasteiger partial charge < -0.3 is 15.3 Å². The number of amides is 1. The summed E-state index contributed by atoms with van der Waals surface area (Å²) in [6.07, 6.45) is 1.94. The lowest BCUT2D eigenvalue weighted by molar-refractivity contribution is -0.129. The summed E-state index contributed by atoms with van der Waals surface area (Å²) in [5.41, 5.74) is 2.09. The number of carbonyl (C=O) groups is 1. The van der Waals surface area contributed by atoms with Gasteiger partial charge in [0.25, 0.3) is 0 Å². The number of nitrogens with one attached hydrogen (secondary N) is 1. The minimum atomic E-state index is 0.115. The van der Waals surface area contributed by atoms with E-state index in [1.807, 2.05) is 24.0 Å². The summed E-state index contributed by atoms with van der Waals surface area (Å²) in [5, 5.41) is 13.5. The molecule has 1 aliphatic heterocycles. The first kappa shape index (κ1) is 14.9. The van der Waals surface area contributed by atoms with Crippen molar-refractivity contribution in [2.45, 2.75) is 45.7 Å². The van der Waals surface area contributed by atoms with E-state index in [-0.39, 0.29) is 11.9 Å². The molecule has 0 radical (unpaired) electrons. The van der Waals surface area contributed by atoms with Gasteiger partial charge in [-0.15, -0.1) is 0 Å². The number of hydrogen-bond acceptors (Lipinski definition) is 3. The Labute approximate surface area is 120 Å². The number of hydrogen-bond donors (Lipinski definition) is 2. The Hall–Kier alpha value is -1.55. The number of aromatic hydroxyl groups is 1. The highest BCUT2D eigenvalue weighted by molar-refractivity contribution is 5.73. The Balaban J connectivity index is 1.94. The highest BCUT2D eigenvalue weighted by Gasteiger charge is 2.22. The first-order chi connectivity index (χ1) is 9.47. The number of nitrogens with zero attached hydrogens (tertiary/aromatic N) is 1. The molecule has 2 N–H and O–H groups in total. The number of likely N-dealkylation sites (tertiary alicyclic amines) is 1. The zero-order valence-electron chi connectivity index (χ0n) is 12.5. The Morgan fingerprint density at radius 1 is 1.40 bits per heavy atom. The highest BCUT2D eigenvalue weighted by Crippen LogP contribution is 2.26. The molecular formula is C16H24N2O2. The maximum absolute atomic E-state index is 11.3. The number of benzene rings is 1. The number of phenols is 1. The standard InChI is InChI=1S/C16H24N2O2/c1-11-4-5-16(20)15(10-11)12(2)17-14-6-8-18(9-7-14)13(3)19/h4-5,10,12,14,17,20H,6-9H2,1-3H3. The lowest BCUT2D eigenvalue weighted by Crippen LogP contribution is -2.44. The summed E-state index contributed by atoms with van der Waals surface area (Å²) < 4.78 is 0. The fourth-order valence-electron chi connectivity index (χ4n) is 2.83. The lowest BCUT2D eigenvalue weighted by atomic mass is 10.00. The van der Waals surface area contributed by atoms with Crippen LogP contribution in [0.2, 0.25) is 0 Å². The molecule has 2 rings (SSSR count). The van der Waals surface area contributed by atoms with Crippen LogP contribution in [0.25, 0.3) is 0 Å². The summed E-state index contributed by atoms with van der Waals surface area (Å²) in [6, 6.07) is 6.21. The smallest absolute Gasteiger partial charge is 0.219 e. The van der Waals surface area contributed by atoms with E-state index in [9.17, 15) is 9.90 Å². The average molecular weight is 276 g/mol. The molecule has 0 aliphatic carbocycles. The molecule has 1 fully saturated rings. The Morgan fingerprint density at radius 3 is 2.65 bits per heavy atom. The van der Waals surface area contributed by atoms with Crippen molar-refractivity contribution in [1.82, 2.24) is 10.2 Å². The van der Waals surface area contributed by atoms with Crippen molar-refractivity contribution in [2.75, 3.05) is 13.1 Å². The average Bonchev–Trinajstić information content (AvgIpc) is 2.42. The third-order valence-electron chi connectivity index (χ3n) is 4.08. The highest BCUT2D eigenvalue weighted by atomic mass is 16.3. The normalized spacial score (nSPS) is 18.1. The van der Waals surface area contributed by atoms with Gasteiger partial charge in [-0.05, 0) is 32.8 Å². The number of piperidine rings is 1. The van der Waals surface area contributed by atoms with Gasteiger partial charge in [0.1, 0.15) is 5.75 Å². The second-order valence-electron chi connectivity index (χ2n) is 5.73. The lowest BCUT2D eigenvalue weighted by Gasteiger charge is -2.33. The summed E-state index contributed by atoms with van der Waals surface area (Å²) in [7, 11) is 0. The van der Waals surface area contributed by atoms with Crippen molar-refractivity contribution in [2.24, 2.45) is 0 Å². The van der Waals surface area contributed by atoms with E-state index in [1.54, 1.807) is 13.0 Å². The largest absolute Gasteiger partial charge is 0.508 e. The third kappa shape index (κ3) is 3.51. The predicted octanol–water partition coefficient (Wildman–Crippen LogP) is 2.36. The van der Waals surface area contributed by atoms with E-state index in [0.717, 1.165) is 37.1 Å². The van der Waals surface area contributed by atoms with Gasteiger partial charge in [-0.3, -0.25) is 4.79 Å². The summed E-state index contributed by atoms with van der Waals surface area (Å²) in [4.78, 5) is 13.2. The van der Waals surface area contributed by atoms with Gasteiger partial charge in [0.15, 0.2) is 0 Å². The molecule has 1 unspecified atom stereocenters. The Bertz CT molecular complexity index is 479. The SMILES string of the molecule is CC(=O)N1CCC(NC(C)c2cc(C)ccc2O)CC1. The molecule has 1 heterocycles. The minimum absolute atomic E-state index is 0.115. The van der Waals surface area contributed by atoms with Crippen LogP contribution in [-0.4, -0.2) is 35.0 Å². The quantitative estimate of drug-likeness (QED) is 0.891. The van der Waals surface area contributed by atoms with Crippen molar-refractivity contribution in [1.29, 1.82) is 0 Å². The van der Waals surface area contributed by atoms with E-state index in [2.05, 4.69) is 12.2 Å². The molecule has 1 aliphatic rings. The molecular weight excluding hydrogens is 252 g/mol. The topological polar surface area (TPSA) is 52.6 Å². The second kappa shape index (κ2) is 6.27. The van der Waals surface area contributed by atoms with Crippen molar-refractivity contribution < 1.29 is 9.90 Å². The van der Waals surface area contributed by atoms with Gasteiger partial charge in [0.05, 0.1) is 0 Å². The zero-order valence-corrected chi connectivity index (χ0v) is 12.5. The molecule has 0 saturated carbocycles. The van der Waals surface area contributed by atoms with Crippen LogP contribution < -0.4 is 5.32 Å². The monoisotopic (exact) mass is 276 g/mol. The van der Waals surface area contributed by atoms with Crippen molar-refractivity contribution in [3.8, 4) is 5.75 Å². The van der Waals surface area contributed by atoms with Gasteiger partial charge in [0, 0.05) is 37.7 Å². The second-order valence-corrected chi connectivity index (χ2v) is 5.73. The molecule has 1 amide bonds. The molecule has 1 aromatic rings. The number of carbonyl (C=O) groups excluding carboxylic acids is 1. The number of rotatable bonds is 3. The third-order valence-corrected chi connectivity index (χ3v) is 4.08. The van der Waals surface area contributed by atoms with Gasteiger partial charge >= 0.3 is 0 Å². The van der Waals surface area contributed by atoms with Gasteiger partial charge in [-0.25, -0.2) is 0 Å². The molecule has 110 valence electrons. The fraction of sp³-hybridized carbons (Fsp3) is 0.562. The first-order valence-corrected chi connectivity index (χ1v) is 7.28. The van der Waals surface area contributed by atoms with Crippen molar-refractivity contribution in [3.05, 3.63) is 29.3 Å². The summed E-state index contributed by atoms with van der Waals surface area (Å²) >= 11 is 0. The van der Waals surface area contributed by atoms with Crippen LogP contribution in [0.1, 0.15) is 43.9 Å².